The minimum absolute atomic E-state index is 0.394. The number of aromatic nitrogens is 1. The number of methoxy groups -OCH3 is 1. The van der Waals surface area contributed by atoms with Crippen molar-refractivity contribution in [1.82, 2.24) is 4.98 Å². The number of oxime groups is 1. The van der Waals surface area contributed by atoms with Crippen molar-refractivity contribution in [1.29, 1.82) is 0 Å². The van der Waals surface area contributed by atoms with Crippen molar-refractivity contribution < 1.29 is 19.1 Å². The third-order valence-corrected chi connectivity index (χ3v) is 2.99. The van der Waals surface area contributed by atoms with E-state index >= 15 is 0 Å². The highest BCUT2D eigenvalue weighted by atomic mass is 16.6. The molecule has 6 nitrogen and oxygen atoms in total. The molecule has 0 amide bonds. The smallest absolute Gasteiger partial charge is 0.333 e. The van der Waals surface area contributed by atoms with Gasteiger partial charge in [0.15, 0.2) is 0 Å². The first-order chi connectivity index (χ1) is 9.93. The van der Waals surface area contributed by atoms with Gasteiger partial charge in [-0.1, -0.05) is 5.16 Å². The predicted molar refractivity (Wildman–Crippen MR) is 77.1 cm³/mol. The van der Waals surface area contributed by atoms with Crippen LogP contribution < -0.4 is 4.74 Å². The van der Waals surface area contributed by atoms with E-state index < -0.39 is 11.6 Å². The maximum Gasteiger partial charge on any atom is 0.333 e. The maximum absolute atomic E-state index is 10.9. The van der Waals surface area contributed by atoms with Crippen LogP contribution in [0.1, 0.15) is 31.5 Å². The Balaban J connectivity index is 2.26. The van der Waals surface area contributed by atoms with Gasteiger partial charge in [-0.2, -0.15) is 0 Å². The molecule has 2 rings (SSSR count). The van der Waals surface area contributed by atoms with E-state index in [2.05, 4.69) is 14.9 Å². The highest BCUT2D eigenvalue weighted by Gasteiger charge is 2.32. The van der Waals surface area contributed by atoms with Crippen molar-refractivity contribution >= 4 is 11.7 Å². The fourth-order valence-electron chi connectivity index (χ4n) is 2.05. The van der Waals surface area contributed by atoms with E-state index in [9.17, 15) is 4.79 Å². The molecule has 112 valence electrons. The topological polar surface area (TPSA) is 70.0 Å². The van der Waals surface area contributed by atoms with Crippen molar-refractivity contribution in [3.8, 4) is 5.75 Å². The zero-order valence-electron chi connectivity index (χ0n) is 12.5. The number of fused-ring (bicyclic) bond motifs is 1. The lowest BCUT2D eigenvalue weighted by Gasteiger charge is -2.33. The number of hydrogen-bond acceptors (Lipinski definition) is 6. The van der Waals surface area contributed by atoms with Crippen LogP contribution in [0.25, 0.3) is 0 Å². The third-order valence-electron chi connectivity index (χ3n) is 2.99. The Labute approximate surface area is 123 Å². The summed E-state index contributed by atoms with van der Waals surface area (Å²) in [5, 5.41) is 4.08. The predicted octanol–water partition coefficient (Wildman–Crippen LogP) is 2.36. The monoisotopic (exact) mass is 290 g/mol. The first-order valence-corrected chi connectivity index (χ1v) is 6.55. The van der Waals surface area contributed by atoms with Gasteiger partial charge in [0, 0.05) is 18.2 Å². The molecule has 0 atom stereocenters. The molecule has 0 aromatic carbocycles. The molecule has 0 unspecified atom stereocenters. The summed E-state index contributed by atoms with van der Waals surface area (Å²) in [4.78, 5) is 20.2. The van der Waals surface area contributed by atoms with E-state index in [-0.39, 0.29) is 0 Å². The van der Waals surface area contributed by atoms with E-state index in [4.69, 9.17) is 9.57 Å². The molecule has 1 aliphatic heterocycles. The number of esters is 1. The van der Waals surface area contributed by atoms with Crippen molar-refractivity contribution in [2.75, 3.05) is 7.11 Å². The van der Waals surface area contributed by atoms with Gasteiger partial charge in [0.1, 0.15) is 17.6 Å². The van der Waals surface area contributed by atoms with Crippen molar-refractivity contribution in [2.45, 2.75) is 32.8 Å². The molecule has 2 heterocycles. The highest BCUT2D eigenvalue weighted by molar-refractivity contribution is 6.04. The SMILES string of the molecule is COC(=O)/C=C/O/N=C1\CC(C)(C)Oc2c1ccnc2C. The Hall–Kier alpha value is -2.37. The second-order valence-electron chi connectivity index (χ2n) is 5.28. The average molecular weight is 290 g/mol. The van der Waals surface area contributed by atoms with E-state index in [0.29, 0.717) is 12.2 Å². The number of carbonyl (C=O) groups is 1. The molecule has 0 radical (unpaired) electrons. The number of aryl methyl sites for hydroxylation is 1. The van der Waals surface area contributed by atoms with Crippen LogP contribution in [-0.2, 0) is 14.4 Å². The van der Waals surface area contributed by atoms with Crippen LogP contribution in [-0.4, -0.2) is 29.4 Å². The van der Waals surface area contributed by atoms with E-state index in [0.717, 1.165) is 23.0 Å². The lowest BCUT2D eigenvalue weighted by atomic mass is 9.92. The summed E-state index contributed by atoms with van der Waals surface area (Å²) >= 11 is 0. The van der Waals surface area contributed by atoms with Gasteiger partial charge in [-0.25, -0.2) is 4.79 Å². The Bertz CT molecular complexity index is 606. The lowest BCUT2D eigenvalue weighted by molar-refractivity contribution is -0.135. The Kier molecular flexibility index (Phi) is 4.26. The minimum atomic E-state index is -0.497. The molecule has 0 fully saturated rings. The van der Waals surface area contributed by atoms with Crippen LogP contribution in [0.2, 0.25) is 0 Å². The second-order valence-corrected chi connectivity index (χ2v) is 5.28. The van der Waals surface area contributed by atoms with Crippen LogP contribution in [0.3, 0.4) is 0 Å². The van der Waals surface area contributed by atoms with Crippen LogP contribution in [0.5, 0.6) is 5.75 Å². The van der Waals surface area contributed by atoms with Gasteiger partial charge in [0.25, 0.3) is 0 Å². The first kappa shape index (κ1) is 15.0. The fourth-order valence-corrected chi connectivity index (χ4v) is 2.05. The summed E-state index contributed by atoms with van der Waals surface area (Å²) in [6, 6.07) is 1.84. The molecule has 0 spiro atoms. The Morgan fingerprint density at radius 1 is 1.52 bits per heavy atom. The van der Waals surface area contributed by atoms with Crippen LogP contribution >= 0.6 is 0 Å². The number of pyridine rings is 1. The van der Waals surface area contributed by atoms with E-state index in [1.54, 1.807) is 6.20 Å². The molecular weight excluding hydrogens is 272 g/mol. The van der Waals surface area contributed by atoms with Gasteiger partial charge in [0.05, 0.1) is 24.6 Å². The molecule has 0 N–H and O–H groups in total. The molecule has 0 saturated heterocycles. The summed E-state index contributed by atoms with van der Waals surface area (Å²) in [7, 11) is 1.30. The van der Waals surface area contributed by atoms with Gasteiger partial charge in [-0.3, -0.25) is 4.98 Å². The van der Waals surface area contributed by atoms with Gasteiger partial charge in [-0.05, 0) is 26.8 Å². The zero-order valence-corrected chi connectivity index (χ0v) is 12.5. The average Bonchev–Trinajstić information content (AvgIpc) is 2.43. The van der Waals surface area contributed by atoms with Gasteiger partial charge in [0.2, 0.25) is 0 Å². The third kappa shape index (κ3) is 3.59. The molecule has 0 aliphatic carbocycles. The van der Waals surface area contributed by atoms with Crippen LogP contribution in [0.4, 0.5) is 0 Å². The quantitative estimate of drug-likeness (QED) is 0.370. The molecule has 21 heavy (non-hydrogen) atoms. The van der Waals surface area contributed by atoms with Gasteiger partial charge in [-0.15, -0.1) is 0 Å². The fraction of sp³-hybridized carbons (Fsp3) is 0.400. The lowest BCUT2D eigenvalue weighted by Crippen LogP contribution is -2.36. The van der Waals surface area contributed by atoms with E-state index in [1.807, 2.05) is 26.8 Å². The molecule has 0 bridgehead atoms. The van der Waals surface area contributed by atoms with Crippen LogP contribution in [0, 0.1) is 6.92 Å². The number of nitrogens with zero attached hydrogens (tertiary/aromatic N) is 2. The van der Waals surface area contributed by atoms with Gasteiger partial charge < -0.3 is 14.3 Å². The number of carbonyl (C=O) groups excluding carboxylic acids is 1. The summed E-state index contributed by atoms with van der Waals surface area (Å²) in [5.41, 5.74) is 2.02. The standard InChI is InChI=1S/C15H18N2O4/c1-10-14-11(5-7-16-10)12(9-15(2,3)21-14)17-20-8-6-13(18)19-4/h5-8H,9H2,1-4H3/b8-6+,17-12+. The Morgan fingerprint density at radius 3 is 3.00 bits per heavy atom. The van der Waals surface area contributed by atoms with Gasteiger partial charge >= 0.3 is 5.97 Å². The molecule has 1 aromatic heterocycles. The Morgan fingerprint density at radius 2 is 2.29 bits per heavy atom. The number of rotatable bonds is 3. The molecule has 6 heteroatoms. The first-order valence-electron chi connectivity index (χ1n) is 6.55. The van der Waals surface area contributed by atoms with Crippen molar-refractivity contribution in [3.05, 3.63) is 35.9 Å². The second kappa shape index (κ2) is 5.95. The zero-order chi connectivity index (χ0) is 15.5. The highest BCUT2D eigenvalue weighted by Crippen LogP contribution is 2.34. The van der Waals surface area contributed by atoms with Crippen molar-refractivity contribution in [3.63, 3.8) is 0 Å². The summed E-state index contributed by atoms with van der Waals surface area (Å²) in [6.07, 6.45) is 4.65. The normalized spacial score (nSPS) is 18.2. The number of hydrogen-bond donors (Lipinski definition) is 0. The summed E-state index contributed by atoms with van der Waals surface area (Å²) in [5.74, 6) is 0.219. The number of ether oxygens (including phenoxy) is 2. The van der Waals surface area contributed by atoms with Crippen molar-refractivity contribution in [2.24, 2.45) is 5.16 Å². The minimum Gasteiger partial charge on any atom is -0.485 e. The largest absolute Gasteiger partial charge is 0.485 e. The molecule has 1 aliphatic rings. The molecular formula is C15H18N2O4. The maximum atomic E-state index is 10.9. The molecule has 1 aromatic rings. The molecule has 0 saturated carbocycles. The summed E-state index contributed by atoms with van der Waals surface area (Å²) < 4.78 is 10.4. The van der Waals surface area contributed by atoms with E-state index in [1.165, 1.54) is 13.4 Å². The summed E-state index contributed by atoms with van der Waals surface area (Å²) in [6.45, 7) is 5.83. The van der Waals surface area contributed by atoms with Crippen LogP contribution in [0.15, 0.2) is 29.8 Å².